The number of benzene rings is 4. The minimum atomic E-state index is 0.00725. The number of allylic oxidation sites excluding steroid dienone is 6. The fourth-order valence-corrected chi connectivity index (χ4v) is 8.21. The third kappa shape index (κ3) is 7.30. The van der Waals surface area contributed by atoms with Crippen molar-refractivity contribution < 1.29 is 0 Å². The molecule has 0 spiro atoms. The van der Waals surface area contributed by atoms with Gasteiger partial charge >= 0.3 is 0 Å². The molecule has 0 saturated heterocycles. The van der Waals surface area contributed by atoms with Gasteiger partial charge in [0.25, 0.3) is 0 Å². The van der Waals surface area contributed by atoms with E-state index in [4.69, 9.17) is 9.97 Å². The first-order chi connectivity index (χ1) is 28.0. The Labute approximate surface area is 334 Å². The average molecular weight is 737 g/mol. The van der Waals surface area contributed by atoms with Gasteiger partial charge in [-0.2, -0.15) is 0 Å². The van der Waals surface area contributed by atoms with E-state index >= 15 is 0 Å². The molecule has 7 aromatic rings. The molecule has 4 nitrogen and oxygen atoms in total. The molecule has 9 rings (SSSR count). The van der Waals surface area contributed by atoms with Crippen LogP contribution in [0.5, 0.6) is 0 Å². The van der Waals surface area contributed by atoms with Crippen molar-refractivity contribution in [1.82, 2.24) is 20.3 Å². The highest BCUT2D eigenvalue weighted by Gasteiger charge is 2.30. The molecule has 2 aliphatic rings. The fraction of sp³-hybridized carbons (Fsp3) is 0.113. The largest absolute Gasteiger partial charge is 0.380 e. The van der Waals surface area contributed by atoms with Gasteiger partial charge in [-0.1, -0.05) is 140 Å². The number of hydrogen-bond acceptors (Lipinski definition) is 4. The molecule has 0 fully saturated rings. The minimum absolute atomic E-state index is 0.00725. The lowest BCUT2D eigenvalue weighted by molar-refractivity contribution is 0.639. The maximum absolute atomic E-state index is 5.39. The van der Waals surface area contributed by atoms with Crippen LogP contribution in [0.15, 0.2) is 182 Å². The second-order valence-corrected chi connectivity index (χ2v) is 14.9. The smallest absolute Gasteiger partial charge is 0.0712 e. The first kappa shape index (κ1) is 35.8. The van der Waals surface area contributed by atoms with Gasteiger partial charge in [-0.25, -0.2) is 4.98 Å². The van der Waals surface area contributed by atoms with Crippen molar-refractivity contribution in [2.24, 2.45) is 5.92 Å². The number of aromatic nitrogens is 3. The lowest BCUT2D eigenvalue weighted by Crippen LogP contribution is -2.39. The van der Waals surface area contributed by atoms with E-state index in [9.17, 15) is 0 Å². The van der Waals surface area contributed by atoms with Gasteiger partial charge in [0.1, 0.15) is 0 Å². The Morgan fingerprint density at radius 3 is 2.14 bits per heavy atom. The average Bonchev–Trinajstić information content (AvgIpc) is 3.28. The van der Waals surface area contributed by atoms with E-state index in [0.29, 0.717) is 0 Å². The van der Waals surface area contributed by atoms with E-state index in [1.165, 1.54) is 38.1 Å². The quantitative estimate of drug-likeness (QED) is 0.158. The molecule has 0 saturated carbocycles. The summed E-state index contributed by atoms with van der Waals surface area (Å²) in [4.78, 5) is 15.1. The molecule has 1 N–H and O–H groups in total. The minimum Gasteiger partial charge on any atom is -0.380 e. The Bertz CT molecular complexity index is 2860. The van der Waals surface area contributed by atoms with Gasteiger partial charge in [0, 0.05) is 46.6 Å². The van der Waals surface area contributed by atoms with Gasteiger partial charge in [0.15, 0.2) is 0 Å². The molecule has 4 heterocycles. The number of nitrogens with one attached hydrogen (secondary N) is 1. The van der Waals surface area contributed by atoms with Crippen LogP contribution in [0.2, 0.25) is 0 Å². The lowest BCUT2D eigenvalue weighted by atomic mass is 9.74. The summed E-state index contributed by atoms with van der Waals surface area (Å²) in [6.07, 6.45) is 19.6. The standard InChI is InChI=1S/C53H44N4/c1-4-13-36(5-2)39-18-12-19-42(26-39)52-32-45(31-51(57-52)38-23-21-37(22-24-38)49-20-10-11-25-54-49)47-27-46(50-29-40-14-6-8-16-43(40)33-55-50)28-48(35(47)3)53-30-41-15-7-9-17-44(41)34-56-53/h4-35,47,50,55H,1-3H3/b13-4-,36-5+. The summed E-state index contributed by atoms with van der Waals surface area (Å²) in [6.45, 7) is 6.49. The highest BCUT2D eigenvalue weighted by atomic mass is 14.9. The molecule has 4 heteroatoms. The molecule has 1 aliphatic carbocycles. The Kier molecular flexibility index (Phi) is 9.84. The van der Waals surface area contributed by atoms with Crippen molar-refractivity contribution in [1.29, 1.82) is 0 Å². The fourth-order valence-electron chi connectivity index (χ4n) is 8.21. The highest BCUT2D eigenvalue weighted by Crippen LogP contribution is 2.43. The SMILES string of the molecule is C/C=C\C(=C/C)c1cccc(-c2cc(C3C=C(C4C=c5ccccc5=CN4)C=C(c4cc5ccccc5cn4)C3C)cc(-c3ccc(-c4ccccn4)cc3)n2)c1. The predicted octanol–water partition coefficient (Wildman–Crippen LogP) is 10.9. The van der Waals surface area contributed by atoms with Crippen LogP contribution < -0.4 is 15.8 Å². The Morgan fingerprint density at radius 1 is 0.632 bits per heavy atom. The molecule has 4 aromatic carbocycles. The molecule has 3 atom stereocenters. The van der Waals surface area contributed by atoms with E-state index in [-0.39, 0.29) is 17.9 Å². The van der Waals surface area contributed by atoms with E-state index in [1.54, 1.807) is 0 Å². The van der Waals surface area contributed by atoms with Gasteiger partial charge in [0.05, 0.1) is 28.8 Å². The molecular formula is C53H44N4. The molecule has 3 unspecified atom stereocenters. The van der Waals surface area contributed by atoms with Crippen LogP contribution in [0, 0.1) is 5.92 Å². The van der Waals surface area contributed by atoms with Crippen molar-refractivity contribution in [3.8, 4) is 33.8 Å². The molecule has 276 valence electrons. The summed E-state index contributed by atoms with van der Waals surface area (Å²) in [7, 11) is 0. The van der Waals surface area contributed by atoms with E-state index in [0.717, 1.165) is 50.4 Å². The molecule has 57 heavy (non-hydrogen) atoms. The van der Waals surface area contributed by atoms with Crippen molar-refractivity contribution in [3.63, 3.8) is 0 Å². The van der Waals surface area contributed by atoms with E-state index in [2.05, 4.69) is 189 Å². The zero-order valence-corrected chi connectivity index (χ0v) is 32.5. The van der Waals surface area contributed by atoms with Crippen molar-refractivity contribution >= 4 is 34.2 Å². The molecule has 3 aromatic heterocycles. The molecule has 1 aliphatic heterocycles. The van der Waals surface area contributed by atoms with Crippen LogP contribution in [-0.2, 0) is 0 Å². The number of hydrogen-bond donors (Lipinski definition) is 1. The predicted molar refractivity (Wildman–Crippen MR) is 238 cm³/mol. The maximum Gasteiger partial charge on any atom is 0.0712 e. The van der Waals surface area contributed by atoms with Crippen LogP contribution in [0.4, 0.5) is 0 Å². The third-order valence-electron chi connectivity index (χ3n) is 11.3. The van der Waals surface area contributed by atoms with Crippen LogP contribution >= 0.6 is 0 Å². The molecule has 0 radical (unpaired) electrons. The van der Waals surface area contributed by atoms with Crippen LogP contribution in [-0.4, -0.2) is 21.0 Å². The molecule has 0 amide bonds. The molecular weight excluding hydrogens is 693 g/mol. The Balaban J connectivity index is 1.21. The number of nitrogens with zero attached hydrogens (tertiary/aromatic N) is 3. The van der Waals surface area contributed by atoms with Gasteiger partial charge in [0.2, 0.25) is 0 Å². The molecule has 0 bridgehead atoms. The van der Waals surface area contributed by atoms with Gasteiger partial charge in [-0.15, -0.1) is 0 Å². The second-order valence-electron chi connectivity index (χ2n) is 14.9. The van der Waals surface area contributed by atoms with Crippen molar-refractivity contribution in [3.05, 3.63) is 209 Å². The zero-order valence-electron chi connectivity index (χ0n) is 32.5. The van der Waals surface area contributed by atoms with Crippen molar-refractivity contribution in [2.75, 3.05) is 0 Å². The van der Waals surface area contributed by atoms with Crippen molar-refractivity contribution in [2.45, 2.75) is 32.7 Å². The van der Waals surface area contributed by atoms with Crippen LogP contribution in [0.3, 0.4) is 0 Å². The van der Waals surface area contributed by atoms with Gasteiger partial charge in [-0.05, 0) is 99.8 Å². The normalized spacial score (nSPS) is 17.9. The first-order valence-electron chi connectivity index (χ1n) is 19.8. The topological polar surface area (TPSA) is 50.7 Å². The lowest BCUT2D eigenvalue weighted by Gasteiger charge is -2.32. The highest BCUT2D eigenvalue weighted by molar-refractivity contribution is 5.86. The van der Waals surface area contributed by atoms with E-state index in [1.807, 2.05) is 30.6 Å². The summed E-state index contributed by atoms with van der Waals surface area (Å²) in [5.41, 5.74) is 13.1. The first-order valence-corrected chi connectivity index (χ1v) is 19.8. The monoisotopic (exact) mass is 736 g/mol. The number of rotatable bonds is 8. The Hall–Kier alpha value is -6.91. The van der Waals surface area contributed by atoms with Crippen LogP contribution in [0.1, 0.15) is 43.5 Å². The summed E-state index contributed by atoms with van der Waals surface area (Å²) >= 11 is 0. The summed E-state index contributed by atoms with van der Waals surface area (Å²) in [6, 6.07) is 47.3. The summed E-state index contributed by atoms with van der Waals surface area (Å²) in [5.74, 6) is 0.179. The van der Waals surface area contributed by atoms with Crippen LogP contribution in [0.25, 0.3) is 68.0 Å². The summed E-state index contributed by atoms with van der Waals surface area (Å²) in [5, 5.41) is 8.48. The number of pyridine rings is 3. The summed E-state index contributed by atoms with van der Waals surface area (Å²) < 4.78 is 0. The van der Waals surface area contributed by atoms with E-state index < -0.39 is 0 Å². The maximum atomic E-state index is 5.39. The second kappa shape index (κ2) is 15.7. The van der Waals surface area contributed by atoms with Gasteiger partial charge in [-0.3, -0.25) is 9.97 Å². The van der Waals surface area contributed by atoms with Gasteiger partial charge < -0.3 is 5.32 Å². The Morgan fingerprint density at radius 2 is 1.37 bits per heavy atom. The third-order valence-corrected chi connectivity index (χ3v) is 11.3. The zero-order chi connectivity index (χ0) is 38.7. The number of fused-ring (bicyclic) bond motifs is 2.